The summed E-state index contributed by atoms with van der Waals surface area (Å²) in [6.45, 7) is 8.63. The molecule has 0 unspecified atom stereocenters. The van der Waals surface area contributed by atoms with E-state index in [1.165, 1.54) is 0 Å². The number of carbonyl (C=O) groups is 1. The number of piperazine rings is 1. The quantitative estimate of drug-likeness (QED) is 0.320. The number of ether oxygens (including phenoxy) is 1. The molecule has 0 saturated carbocycles. The Morgan fingerprint density at radius 2 is 1.78 bits per heavy atom. The summed E-state index contributed by atoms with van der Waals surface area (Å²) < 4.78 is 9.09. The summed E-state index contributed by atoms with van der Waals surface area (Å²) in [5.41, 5.74) is 3.64. The lowest BCUT2D eigenvalue weighted by atomic mass is 10.2. The van der Waals surface area contributed by atoms with Crippen molar-refractivity contribution in [3.63, 3.8) is 0 Å². The molecule has 12 nitrogen and oxygen atoms in total. The van der Waals surface area contributed by atoms with Gasteiger partial charge in [-0.2, -0.15) is 20.2 Å². The second kappa shape index (κ2) is 9.58. The van der Waals surface area contributed by atoms with Crippen LogP contribution in [0.1, 0.15) is 20.8 Å². The molecule has 2 aromatic carbocycles. The number of benzene rings is 2. The molecule has 7 rings (SSSR count). The molecule has 1 aliphatic heterocycles. The predicted molar refractivity (Wildman–Crippen MR) is 156 cm³/mol. The van der Waals surface area contributed by atoms with Gasteiger partial charge in [0.05, 0.1) is 29.8 Å². The van der Waals surface area contributed by atoms with Crippen molar-refractivity contribution in [2.75, 3.05) is 36.0 Å². The van der Waals surface area contributed by atoms with Crippen LogP contribution < -0.4 is 9.80 Å². The first-order valence-corrected chi connectivity index (χ1v) is 13.6. The Kier molecular flexibility index (Phi) is 5.84. The van der Waals surface area contributed by atoms with Crippen LogP contribution in [0.3, 0.4) is 0 Å². The summed E-state index contributed by atoms with van der Waals surface area (Å²) in [4.78, 5) is 31.8. The lowest BCUT2D eigenvalue weighted by Gasteiger charge is -2.36. The number of nitrogens with one attached hydrogen (secondary N) is 1. The predicted octanol–water partition coefficient (Wildman–Crippen LogP) is 3.71. The molecule has 0 radical (unpaired) electrons. The van der Waals surface area contributed by atoms with Crippen LogP contribution >= 0.6 is 0 Å². The summed E-state index contributed by atoms with van der Waals surface area (Å²) >= 11 is 0. The second-order valence-corrected chi connectivity index (χ2v) is 11.2. The van der Waals surface area contributed by atoms with Gasteiger partial charge in [0, 0.05) is 42.6 Å². The van der Waals surface area contributed by atoms with Crippen LogP contribution in [0.4, 0.5) is 11.6 Å². The number of aromatic nitrogens is 8. The first kappa shape index (κ1) is 25.0. The maximum absolute atomic E-state index is 12.7. The largest absolute Gasteiger partial charge is 0.459 e. The summed E-state index contributed by atoms with van der Waals surface area (Å²) in [5, 5.41) is 13.9. The lowest BCUT2D eigenvalue weighted by Crippen LogP contribution is -2.47. The van der Waals surface area contributed by atoms with Crippen LogP contribution in [0.2, 0.25) is 0 Å². The van der Waals surface area contributed by atoms with Crippen molar-refractivity contribution < 1.29 is 9.53 Å². The molecule has 1 aliphatic rings. The Morgan fingerprint density at radius 3 is 2.61 bits per heavy atom. The fraction of sp³-hybridized carbons (Fsp3) is 0.310. The van der Waals surface area contributed by atoms with Gasteiger partial charge in [-0.15, -0.1) is 0 Å². The van der Waals surface area contributed by atoms with Gasteiger partial charge < -0.3 is 19.1 Å². The Morgan fingerprint density at radius 1 is 0.976 bits per heavy atom. The van der Waals surface area contributed by atoms with E-state index in [2.05, 4.69) is 48.3 Å². The maximum Gasteiger partial charge on any atom is 0.326 e. The van der Waals surface area contributed by atoms with E-state index < -0.39 is 5.60 Å². The summed E-state index contributed by atoms with van der Waals surface area (Å²) in [7, 11) is 0. The normalized spacial score (nSPS) is 14.4. The van der Waals surface area contributed by atoms with Crippen molar-refractivity contribution in [2.45, 2.75) is 32.9 Å². The van der Waals surface area contributed by atoms with Gasteiger partial charge >= 0.3 is 5.97 Å². The number of hydrogen-bond acceptors (Lipinski definition) is 9. The van der Waals surface area contributed by atoms with E-state index in [1.807, 2.05) is 57.4 Å². The third-order valence-electron chi connectivity index (χ3n) is 7.18. The van der Waals surface area contributed by atoms with Gasteiger partial charge in [0.2, 0.25) is 5.95 Å². The minimum atomic E-state index is -0.589. The molecule has 12 heteroatoms. The maximum atomic E-state index is 12.7. The summed E-state index contributed by atoms with van der Waals surface area (Å²) in [6, 6.07) is 14.3. The van der Waals surface area contributed by atoms with Crippen LogP contribution in [0.15, 0.2) is 61.2 Å². The zero-order valence-electron chi connectivity index (χ0n) is 23.2. The molecule has 0 aliphatic carbocycles. The zero-order valence-corrected chi connectivity index (χ0v) is 23.2. The van der Waals surface area contributed by atoms with Gasteiger partial charge in [-0.3, -0.25) is 9.89 Å². The standard InChI is InChI=1S/C29H30N10O2/c1-29(2,3)41-24(40)17-38-18-30-25-26(38)33-28(34-27(25)39-23-7-5-4-6-19(23)16-32-39)37-12-10-36(11-13-37)21-8-9-22-20(14-21)15-31-35-22/h4-9,14-16,18H,10-13,17H2,1-3H3,(H,31,35). The smallest absolute Gasteiger partial charge is 0.326 e. The summed E-state index contributed by atoms with van der Waals surface area (Å²) in [5.74, 6) is 0.788. The number of nitrogens with zero attached hydrogens (tertiary/aromatic N) is 9. The third kappa shape index (κ3) is 4.71. The molecule has 0 bridgehead atoms. The molecule has 6 aromatic rings. The van der Waals surface area contributed by atoms with Crippen molar-refractivity contribution in [1.82, 2.24) is 39.5 Å². The highest BCUT2D eigenvalue weighted by atomic mass is 16.6. The van der Waals surface area contributed by atoms with Crippen LogP contribution in [0, 0.1) is 0 Å². The fourth-order valence-electron chi connectivity index (χ4n) is 5.27. The molecule has 4 aromatic heterocycles. The number of hydrogen-bond donors (Lipinski definition) is 1. The molecule has 1 N–H and O–H groups in total. The van der Waals surface area contributed by atoms with Gasteiger partial charge in [-0.1, -0.05) is 18.2 Å². The number of H-pyrrole nitrogens is 1. The molecular weight excluding hydrogens is 520 g/mol. The Labute approximate surface area is 235 Å². The van der Waals surface area contributed by atoms with Crippen LogP contribution in [0.5, 0.6) is 0 Å². The van der Waals surface area contributed by atoms with Crippen LogP contribution in [-0.4, -0.2) is 77.2 Å². The molecule has 0 amide bonds. The van der Waals surface area contributed by atoms with Gasteiger partial charge in [0.25, 0.3) is 0 Å². The highest BCUT2D eigenvalue weighted by molar-refractivity contribution is 5.86. The summed E-state index contributed by atoms with van der Waals surface area (Å²) in [6.07, 6.45) is 5.28. The number of rotatable bonds is 5. The van der Waals surface area contributed by atoms with Gasteiger partial charge in [-0.25, -0.2) is 9.67 Å². The van der Waals surface area contributed by atoms with Crippen molar-refractivity contribution in [3.8, 4) is 5.82 Å². The van der Waals surface area contributed by atoms with Crippen molar-refractivity contribution in [3.05, 3.63) is 61.2 Å². The number of esters is 1. The number of para-hydroxylation sites is 1. The van der Waals surface area contributed by atoms with E-state index in [-0.39, 0.29) is 12.5 Å². The average molecular weight is 551 g/mol. The molecule has 5 heterocycles. The van der Waals surface area contributed by atoms with Gasteiger partial charge in [-0.05, 0) is 45.0 Å². The molecule has 1 fully saturated rings. The Balaban J connectivity index is 1.24. The van der Waals surface area contributed by atoms with E-state index in [9.17, 15) is 4.79 Å². The van der Waals surface area contributed by atoms with E-state index in [0.29, 0.717) is 22.9 Å². The van der Waals surface area contributed by atoms with Crippen LogP contribution in [-0.2, 0) is 16.1 Å². The van der Waals surface area contributed by atoms with E-state index in [4.69, 9.17) is 14.7 Å². The topological polar surface area (TPSA) is 123 Å². The molecule has 41 heavy (non-hydrogen) atoms. The molecule has 1 saturated heterocycles. The third-order valence-corrected chi connectivity index (χ3v) is 7.18. The van der Waals surface area contributed by atoms with Crippen molar-refractivity contribution in [2.24, 2.45) is 0 Å². The van der Waals surface area contributed by atoms with Crippen LogP contribution in [0.25, 0.3) is 38.8 Å². The molecular formula is C29H30N10O2. The molecule has 208 valence electrons. The molecule has 0 atom stereocenters. The van der Waals surface area contributed by atoms with E-state index in [0.717, 1.165) is 53.7 Å². The number of aromatic amines is 1. The highest BCUT2D eigenvalue weighted by Gasteiger charge is 2.25. The highest BCUT2D eigenvalue weighted by Crippen LogP contribution is 2.27. The van der Waals surface area contributed by atoms with Crippen molar-refractivity contribution in [1.29, 1.82) is 0 Å². The fourth-order valence-corrected chi connectivity index (χ4v) is 5.27. The number of carbonyl (C=O) groups excluding carboxylic acids is 1. The van der Waals surface area contributed by atoms with Crippen molar-refractivity contribution >= 4 is 50.6 Å². The second-order valence-electron chi connectivity index (χ2n) is 11.2. The van der Waals surface area contributed by atoms with Gasteiger partial charge in [0.15, 0.2) is 17.0 Å². The van der Waals surface area contributed by atoms with Gasteiger partial charge in [0.1, 0.15) is 12.1 Å². The monoisotopic (exact) mass is 550 g/mol. The Hall–Kier alpha value is -5.00. The van der Waals surface area contributed by atoms with E-state index in [1.54, 1.807) is 15.6 Å². The average Bonchev–Trinajstić information content (AvgIpc) is 3.70. The first-order valence-electron chi connectivity index (χ1n) is 13.6. The number of anilines is 2. The number of imidazole rings is 1. The zero-order chi connectivity index (χ0) is 28.1. The molecule has 0 spiro atoms. The Bertz CT molecular complexity index is 1890. The number of fused-ring (bicyclic) bond motifs is 3. The minimum Gasteiger partial charge on any atom is -0.459 e. The lowest BCUT2D eigenvalue weighted by molar-refractivity contribution is -0.155. The first-order chi connectivity index (χ1) is 19.8. The van der Waals surface area contributed by atoms with E-state index >= 15 is 0 Å². The SMILES string of the molecule is CC(C)(C)OC(=O)Cn1cnc2c(-n3ncc4ccccc43)nc(N3CCN(c4ccc5[nH]ncc5c4)CC3)nc21. The minimum absolute atomic E-state index is 0.00617.